The average Bonchev–Trinajstić information content (AvgIpc) is 2.77. The highest BCUT2D eigenvalue weighted by Crippen LogP contribution is 2.26. The predicted octanol–water partition coefficient (Wildman–Crippen LogP) is 1.37. The molecule has 8 nitrogen and oxygen atoms in total. The summed E-state index contributed by atoms with van der Waals surface area (Å²) >= 11 is 1.30. The maximum absolute atomic E-state index is 11.4. The first-order chi connectivity index (χ1) is 9.52. The van der Waals surface area contributed by atoms with Gasteiger partial charge in [-0.05, 0) is 18.6 Å². The van der Waals surface area contributed by atoms with Crippen molar-refractivity contribution in [3.05, 3.63) is 44.4 Å². The van der Waals surface area contributed by atoms with Crippen LogP contribution in [0.2, 0.25) is 0 Å². The van der Waals surface area contributed by atoms with Gasteiger partial charge in [0, 0.05) is 30.1 Å². The van der Waals surface area contributed by atoms with E-state index >= 15 is 0 Å². The fourth-order valence-electron chi connectivity index (χ4n) is 1.67. The van der Waals surface area contributed by atoms with Gasteiger partial charge in [0.05, 0.1) is 4.92 Å². The summed E-state index contributed by atoms with van der Waals surface area (Å²) in [7, 11) is 0. The number of aromatic amines is 1. The number of non-ortho nitro benzene ring substituents is 1. The van der Waals surface area contributed by atoms with Gasteiger partial charge >= 0.3 is 5.69 Å². The van der Waals surface area contributed by atoms with E-state index in [2.05, 4.69) is 10.2 Å². The molecule has 0 amide bonds. The first kappa shape index (κ1) is 14.1. The molecule has 0 fully saturated rings. The number of hydrogen-bond donors (Lipinski definition) is 2. The summed E-state index contributed by atoms with van der Waals surface area (Å²) in [6.07, 6.45) is 0. The van der Waals surface area contributed by atoms with Crippen LogP contribution in [0.5, 0.6) is 0 Å². The maximum atomic E-state index is 11.4. The molecule has 0 atom stereocenters. The number of thioether (sulfide) groups is 1. The molecule has 0 aliphatic heterocycles. The molecule has 3 N–H and O–H groups in total. The third kappa shape index (κ3) is 2.82. The van der Waals surface area contributed by atoms with Crippen molar-refractivity contribution in [2.45, 2.75) is 24.4 Å². The monoisotopic (exact) mass is 295 g/mol. The van der Waals surface area contributed by atoms with Gasteiger partial charge < -0.3 is 5.73 Å². The van der Waals surface area contributed by atoms with Crippen LogP contribution < -0.4 is 11.4 Å². The molecule has 0 saturated carbocycles. The quantitative estimate of drug-likeness (QED) is 0.372. The molecular formula is C11H13N5O3S. The van der Waals surface area contributed by atoms with E-state index in [9.17, 15) is 14.9 Å². The largest absolute Gasteiger partial charge is 0.398 e. The fraction of sp³-hybridized carbons (Fsp3) is 0.273. The third-order valence-corrected chi connectivity index (χ3v) is 3.76. The van der Waals surface area contributed by atoms with E-state index in [1.54, 1.807) is 0 Å². The topological polar surface area (TPSA) is 120 Å². The second-order valence-electron chi connectivity index (χ2n) is 3.98. The lowest BCUT2D eigenvalue weighted by atomic mass is 10.2. The highest BCUT2D eigenvalue weighted by atomic mass is 32.2. The summed E-state index contributed by atoms with van der Waals surface area (Å²) in [5.41, 5.74) is 6.63. The van der Waals surface area contributed by atoms with Crippen LogP contribution in [0.15, 0.2) is 28.2 Å². The Labute approximate surface area is 118 Å². The molecule has 20 heavy (non-hydrogen) atoms. The Kier molecular flexibility index (Phi) is 4.08. The minimum atomic E-state index is -0.468. The second-order valence-corrected chi connectivity index (χ2v) is 4.93. The molecule has 0 saturated heterocycles. The predicted molar refractivity (Wildman–Crippen MR) is 75.6 cm³/mol. The minimum absolute atomic E-state index is 0.00953. The van der Waals surface area contributed by atoms with E-state index in [0.29, 0.717) is 28.7 Å². The minimum Gasteiger partial charge on any atom is -0.398 e. The molecule has 0 radical (unpaired) electrons. The van der Waals surface area contributed by atoms with Crippen molar-refractivity contribution < 1.29 is 4.92 Å². The number of H-pyrrole nitrogens is 1. The van der Waals surface area contributed by atoms with Crippen molar-refractivity contribution in [3.63, 3.8) is 0 Å². The molecule has 0 aliphatic carbocycles. The lowest BCUT2D eigenvalue weighted by Gasteiger charge is -2.05. The molecule has 2 rings (SSSR count). The number of nitrogens with zero attached hydrogens (tertiary/aromatic N) is 3. The number of aromatic nitrogens is 3. The van der Waals surface area contributed by atoms with Gasteiger partial charge in [0.15, 0.2) is 5.16 Å². The average molecular weight is 295 g/mol. The van der Waals surface area contributed by atoms with Crippen molar-refractivity contribution in [3.8, 4) is 0 Å². The number of rotatable bonds is 5. The van der Waals surface area contributed by atoms with Crippen LogP contribution >= 0.6 is 11.8 Å². The van der Waals surface area contributed by atoms with Crippen molar-refractivity contribution in [1.82, 2.24) is 14.8 Å². The summed E-state index contributed by atoms with van der Waals surface area (Å²) in [6.45, 7) is 2.34. The molecule has 0 unspecified atom stereocenters. The fourth-order valence-corrected chi connectivity index (χ4v) is 2.68. The van der Waals surface area contributed by atoms with Gasteiger partial charge in [-0.2, -0.15) is 0 Å². The molecule has 1 aromatic carbocycles. The normalized spacial score (nSPS) is 10.7. The van der Waals surface area contributed by atoms with Crippen molar-refractivity contribution in [2.24, 2.45) is 0 Å². The van der Waals surface area contributed by atoms with Gasteiger partial charge in [-0.3, -0.25) is 14.7 Å². The first-order valence-corrected chi connectivity index (χ1v) is 6.82. The number of anilines is 1. The molecule has 0 spiro atoms. The molecule has 0 bridgehead atoms. The number of nitro groups is 1. The third-order valence-electron chi connectivity index (χ3n) is 2.73. The van der Waals surface area contributed by atoms with Crippen LogP contribution in [0.25, 0.3) is 0 Å². The summed E-state index contributed by atoms with van der Waals surface area (Å²) in [5.74, 6) is 0.401. The van der Waals surface area contributed by atoms with E-state index < -0.39 is 4.92 Å². The highest BCUT2D eigenvalue weighted by molar-refractivity contribution is 7.98. The molecule has 106 valence electrons. The van der Waals surface area contributed by atoms with Gasteiger partial charge in [-0.15, -0.1) is 5.10 Å². The van der Waals surface area contributed by atoms with Crippen LogP contribution in [0.3, 0.4) is 0 Å². The maximum Gasteiger partial charge on any atom is 0.343 e. The van der Waals surface area contributed by atoms with Gasteiger partial charge in [0.1, 0.15) is 0 Å². The van der Waals surface area contributed by atoms with Gasteiger partial charge in [-0.25, -0.2) is 9.89 Å². The Balaban J connectivity index is 2.20. The van der Waals surface area contributed by atoms with E-state index in [0.717, 1.165) is 0 Å². The Morgan fingerprint density at radius 1 is 1.55 bits per heavy atom. The van der Waals surface area contributed by atoms with Gasteiger partial charge in [0.2, 0.25) is 0 Å². The number of nitrogen functional groups attached to an aromatic ring is 1. The molecule has 9 heteroatoms. The van der Waals surface area contributed by atoms with Crippen LogP contribution in [-0.4, -0.2) is 19.7 Å². The number of nitrogens with two attached hydrogens (primary N) is 1. The molecular weight excluding hydrogens is 282 g/mol. The van der Waals surface area contributed by atoms with E-state index in [1.807, 2.05) is 6.92 Å². The van der Waals surface area contributed by atoms with E-state index in [4.69, 9.17) is 5.73 Å². The van der Waals surface area contributed by atoms with Gasteiger partial charge in [-0.1, -0.05) is 11.8 Å². The second kappa shape index (κ2) is 5.78. The first-order valence-electron chi connectivity index (χ1n) is 5.83. The van der Waals surface area contributed by atoms with Gasteiger partial charge in [0.25, 0.3) is 5.69 Å². The highest BCUT2D eigenvalue weighted by Gasteiger charge is 2.12. The molecule has 2 aromatic rings. The summed E-state index contributed by atoms with van der Waals surface area (Å²) < 4.78 is 1.48. The zero-order valence-corrected chi connectivity index (χ0v) is 11.5. The number of hydrogen-bond acceptors (Lipinski definition) is 6. The zero-order chi connectivity index (χ0) is 14.7. The summed E-state index contributed by atoms with van der Waals surface area (Å²) in [5, 5.41) is 17.5. The zero-order valence-electron chi connectivity index (χ0n) is 10.7. The van der Waals surface area contributed by atoms with Crippen molar-refractivity contribution >= 4 is 23.1 Å². The summed E-state index contributed by atoms with van der Waals surface area (Å²) in [6, 6.07) is 4.30. The van der Waals surface area contributed by atoms with Crippen LogP contribution in [-0.2, 0) is 12.3 Å². The van der Waals surface area contributed by atoms with E-state index in [-0.39, 0.29) is 11.4 Å². The van der Waals surface area contributed by atoms with Crippen LogP contribution in [0.4, 0.5) is 11.4 Å². The number of nitrogens with one attached hydrogen (secondary N) is 1. The lowest BCUT2D eigenvalue weighted by molar-refractivity contribution is -0.384. The van der Waals surface area contributed by atoms with Crippen molar-refractivity contribution in [1.29, 1.82) is 0 Å². The van der Waals surface area contributed by atoms with Crippen LogP contribution in [0, 0.1) is 10.1 Å². The molecule has 0 aliphatic rings. The number of benzene rings is 1. The van der Waals surface area contributed by atoms with Crippen molar-refractivity contribution in [2.75, 3.05) is 5.73 Å². The smallest absolute Gasteiger partial charge is 0.343 e. The Bertz CT molecular complexity index is 694. The Hall–Kier alpha value is -2.29. The summed E-state index contributed by atoms with van der Waals surface area (Å²) in [4.78, 5) is 21.7. The lowest BCUT2D eigenvalue weighted by Crippen LogP contribution is -2.16. The van der Waals surface area contributed by atoms with Crippen LogP contribution in [0.1, 0.15) is 12.5 Å². The molecule has 1 aromatic heterocycles. The van der Waals surface area contributed by atoms with E-state index in [1.165, 1.54) is 34.5 Å². The number of nitro benzene ring substituents is 1. The Morgan fingerprint density at radius 3 is 2.95 bits per heavy atom. The Morgan fingerprint density at radius 2 is 2.30 bits per heavy atom. The molecule has 1 heterocycles. The SMILES string of the molecule is CCn1c(SCc2cc([N+](=O)[O-])ccc2N)n[nH]c1=O. The standard InChI is InChI=1S/C11H13N5O3S/c1-2-15-10(17)13-14-11(15)20-6-7-5-8(16(18)19)3-4-9(7)12/h3-5H,2,6,12H2,1H3,(H,13,17).